The number of nitrogens with one attached hydrogen (secondary N) is 2. The van der Waals surface area contributed by atoms with Gasteiger partial charge in [-0.15, -0.1) is 0 Å². The number of aromatic nitrogens is 1. The third-order valence-electron chi connectivity index (χ3n) is 4.81. The quantitative estimate of drug-likeness (QED) is 0.496. The van der Waals surface area contributed by atoms with Gasteiger partial charge in [-0.05, 0) is 39.2 Å². The van der Waals surface area contributed by atoms with Crippen molar-refractivity contribution in [2.75, 3.05) is 7.11 Å². The van der Waals surface area contributed by atoms with Crippen LogP contribution in [0.2, 0.25) is 0 Å². The molecule has 0 spiro atoms. The maximum absolute atomic E-state index is 12.8. The second kappa shape index (κ2) is 7.77. The van der Waals surface area contributed by atoms with Crippen molar-refractivity contribution in [2.24, 2.45) is 0 Å². The average Bonchev–Trinajstić information content (AvgIpc) is 2.71. The largest absolute Gasteiger partial charge is 0.465 e. The molecule has 5 nitrogen and oxygen atoms in total. The van der Waals surface area contributed by atoms with Gasteiger partial charge in [0.2, 0.25) is 0 Å². The molecule has 0 aliphatic heterocycles. The normalized spacial score (nSPS) is 17.6. The molecule has 0 aromatic carbocycles. The number of carbonyl (C=O) groups is 2. The fourth-order valence-corrected chi connectivity index (χ4v) is 3.50. The number of ketones is 1. The zero-order chi connectivity index (χ0) is 17.0. The molecule has 1 aromatic rings. The van der Waals surface area contributed by atoms with Gasteiger partial charge < -0.3 is 15.0 Å². The molecule has 1 aromatic heterocycles. The highest BCUT2D eigenvalue weighted by molar-refractivity contribution is 6.03. The van der Waals surface area contributed by atoms with Gasteiger partial charge in [0.15, 0.2) is 5.78 Å². The number of aryl methyl sites for hydroxylation is 1. The molecule has 0 saturated heterocycles. The van der Waals surface area contributed by atoms with Crippen LogP contribution in [0.4, 0.5) is 0 Å². The van der Waals surface area contributed by atoms with Crippen LogP contribution in [0, 0.1) is 13.8 Å². The first-order valence-electron chi connectivity index (χ1n) is 8.53. The lowest BCUT2D eigenvalue weighted by atomic mass is 10.0. The predicted molar refractivity (Wildman–Crippen MR) is 90.0 cm³/mol. The Kier molecular flexibility index (Phi) is 5.99. The molecule has 1 heterocycles. The molecule has 5 heteroatoms. The second-order valence-corrected chi connectivity index (χ2v) is 6.56. The minimum Gasteiger partial charge on any atom is -0.465 e. The summed E-state index contributed by atoms with van der Waals surface area (Å²) >= 11 is 0. The lowest BCUT2D eigenvalue weighted by molar-refractivity contribution is 0.0599. The summed E-state index contributed by atoms with van der Waals surface area (Å²) in [5, 5.41) is 3.47. The Morgan fingerprint density at radius 3 is 2.35 bits per heavy atom. The van der Waals surface area contributed by atoms with Gasteiger partial charge in [-0.2, -0.15) is 0 Å². The molecule has 1 aliphatic carbocycles. The van der Waals surface area contributed by atoms with E-state index in [1.807, 2.05) is 6.92 Å². The molecule has 0 radical (unpaired) electrons. The van der Waals surface area contributed by atoms with Gasteiger partial charge in [0.05, 0.1) is 24.4 Å². The molecule has 1 fully saturated rings. The minimum absolute atomic E-state index is 0.00463. The number of hydrogen-bond acceptors (Lipinski definition) is 4. The first kappa shape index (κ1) is 17.7. The number of carbonyl (C=O) groups excluding carboxylic acids is 2. The Labute approximate surface area is 138 Å². The van der Waals surface area contributed by atoms with Gasteiger partial charge in [-0.3, -0.25) is 4.79 Å². The highest BCUT2D eigenvalue weighted by Gasteiger charge is 2.26. The van der Waals surface area contributed by atoms with Crippen LogP contribution in [0.3, 0.4) is 0 Å². The molecular formula is C18H28N2O3. The van der Waals surface area contributed by atoms with Crippen LogP contribution in [0.25, 0.3) is 0 Å². The van der Waals surface area contributed by atoms with Gasteiger partial charge >= 0.3 is 5.97 Å². The van der Waals surface area contributed by atoms with E-state index in [0.717, 1.165) is 12.8 Å². The van der Waals surface area contributed by atoms with E-state index >= 15 is 0 Å². The highest BCUT2D eigenvalue weighted by Crippen LogP contribution is 2.21. The molecule has 0 unspecified atom stereocenters. The number of H-pyrrole nitrogens is 1. The van der Waals surface area contributed by atoms with Crippen molar-refractivity contribution in [3.8, 4) is 0 Å². The van der Waals surface area contributed by atoms with Crippen molar-refractivity contribution in [1.29, 1.82) is 0 Å². The first-order chi connectivity index (χ1) is 11.0. The van der Waals surface area contributed by atoms with Crippen molar-refractivity contribution in [3.63, 3.8) is 0 Å². The Hall–Kier alpha value is -1.62. The van der Waals surface area contributed by atoms with E-state index in [1.165, 1.54) is 32.8 Å². The van der Waals surface area contributed by atoms with E-state index in [0.29, 0.717) is 28.6 Å². The van der Waals surface area contributed by atoms with E-state index in [1.54, 1.807) is 13.8 Å². The molecule has 1 atom stereocenters. The number of rotatable bonds is 5. The zero-order valence-electron chi connectivity index (χ0n) is 14.6. The molecule has 2 rings (SSSR count). The summed E-state index contributed by atoms with van der Waals surface area (Å²) in [5.41, 5.74) is 2.34. The van der Waals surface area contributed by atoms with Crippen LogP contribution in [-0.4, -0.2) is 35.9 Å². The fraction of sp³-hybridized carbons (Fsp3) is 0.667. The predicted octanol–water partition coefficient (Wildman–Crippen LogP) is 3.30. The Balaban J connectivity index is 2.11. The lowest BCUT2D eigenvalue weighted by Gasteiger charge is -2.21. The van der Waals surface area contributed by atoms with Gasteiger partial charge in [0.1, 0.15) is 0 Å². The molecule has 1 aliphatic rings. The van der Waals surface area contributed by atoms with Crippen LogP contribution in [0.1, 0.15) is 77.6 Å². The van der Waals surface area contributed by atoms with Crippen LogP contribution in [0.15, 0.2) is 0 Å². The molecule has 0 amide bonds. The summed E-state index contributed by atoms with van der Waals surface area (Å²) in [5.74, 6) is -0.398. The topological polar surface area (TPSA) is 71.2 Å². The zero-order valence-corrected chi connectivity index (χ0v) is 14.6. The van der Waals surface area contributed by atoms with Gasteiger partial charge in [0.25, 0.3) is 0 Å². The Morgan fingerprint density at radius 2 is 1.78 bits per heavy atom. The third-order valence-corrected chi connectivity index (χ3v) is 4.81. The number of esters is 1. The Morgan fingerprint density at radius 1 is 1.17 bits per heavy atom. The second-order valence-electron chi connectivity index (χ2n) is 6.56. The van der Waals surface area contributed by atoms with Crippen molar-refractivity contribution in [3.05, 3.63) is 22.5 Å². The van der Waals surface area contributed by atoms with E-state index in [2.05, 4.69) is 10.3 Å². The van der Waals surface area contributed by atoms with Crippen molar-refractivity contribution < 1.29 is 14.3 Å². The van der Waals surface area contributed by atoms with E-state index in [4.69, 9.17) is 4.74 Å². The van der Waals surface area contributed by atoms with Gasteiger partial charge in [-0.25, -0.2) is 4.79 Å². The molecule has 1 saturated carbocycles. The number of hydrogen-bond donors (Lipinski definition) is 2. The summed E-state index contributed by atoms with van der Waals surface area (Å²) < 4.78 is 4.80. The molecular weight excluding hydrogens is 292 g/mol. The first-order valence-corrected chi connectivity index (χ1v) is 8.53. The van der Waals surface area contributed by atoms with Crippen molar-refractivity contribution in [1.82, 2.24) is 10.3 Å². The average molecular weight is 320 g/mol. The summed E-state index contributed by atoms with van der Waals surface area (Å²) in [6.45, 7) is 5.49. The molecule has 23 heavy (non-hydrogen) atoms. The number of Topliss-reactive ketones (excluding diaryl/α,β-unsaturated/α-hetero) is 1. The molecule has 128 valence electrons. The van der Waals surface area contributed by atoms with Crippen molar-refractivity contribution >= 4 is 11.8 Å². The number of aromatic amines is 1. The summed E-state index contributed by atoms with van der Waals surface area (Å²) in [6, 6.07) is 0.147. The van der Waals surface area contributed by atoms with E-state index < -0.39 is 5.97 Å². The van der Waals surface area contributed by atoms with Crippen LogP contribution in [-0.2, 0) is 4.74 Å². The lowest BCUT2D eigenvalue weighted by Crippen LogP contribution is -2.41. The maximum atomic E-state index is 12.8. The summed E-state index contributed by atoms with van der Waals surface area (Å²) in [6.07, 6.45) is 7.30. The SMILES string of the molecule is COC(=O)c1c(C)[nH]c(C(=O)[C@@H](C)NC2CCCCCC2)c1C. The van der Waals surface area contributed by atoms with E-state index in [-0.39, 0.29) is 11.8 Å². The third kappa shape index (κ3) is 4.02. The smallest absolute Gasteiger partial charge is 0.339 e. The molecule has 0 bridgehead atoms. The summed E-state index contributed by atoms with van der Waals surface area (Å²) in [7, 11) is 1.35. The monoisotopic (exact) mass is 320 g/mol. The summed E-state index contributed by atoms with van der Waals surface area (Å²) in [4.78, 5) is 27.7. The van der Waals surface area contributed by atoms with Gasteiger partial charge in [-0.1, -0.05) is 25.7 Å². The van der Waals surface area contributed by atoms with Crippen LogP contribution < -0.4 is 5.32 Å². The standard InChI is InChI=1S/C18H28N2O3/c1-11-15(18(22)23-4)12(2)20-16(11)17(21)13(3)19-14-9-7-5-6-8-10-14/h13-14,19-20H,5-10H2,1-4H3/t13-/m1/s1. The number of methoxy groups -OCH3 is 1. The minimum atomic E-state index is -0.403. The number of ether oxygens (including phenoxy) is 1. The van der Waals surface area contributed by atoms with Crippen molar-refractivity contribution in [2.45, 2.75) is 71.4 Å². The fourth-order valence-electron chi connectivity index (χ4n) is 3.50. The molecule has 2 N–H and O–H groups in total. The van der Waals surface area contributed by atoms with E-state index in [9.17, 15) is 9.59 Å². The van der Waals surface area contributed by atoms with Crippen LogP contribution in [0.5, 0.6) is 0 Å². The maximum Gasteiger partial charge on any atom is 0.339 e. The Bertz CT molecular complexity index is 569. The highest BCUT2D eigenvalue weighted by atomic mass is 16.5. The van der Waals surface area contributed by atoms with Gasteiger partial charge in [0, 0.05) is 11.7 Å². The van der Waals surface area contributed by atoms with Crippen LogP contribution >= 0.6 is 0 Å².